The molecule has 0 saturated carbocycles. The van der Waals surface area contributed by atoms with Crippen LogP contribution in [0.4, 0.5) is 10.5 Å². The molecule has 2 saturated heterocycles. The van der Waals surface area contributed by atoms with Crippen LogP contribution >= 0.6 is 0 Å². The van der Waals surface area contributed by atoms with Crippen LogP contribution < -0.4 is 16.2 Å². The van der Waals surface area contributed by atoms with Crippen molar-refractivity contribution in [3.05, 3.63) is 52.4 Å². The molecular weight excluding hydrogens is 396 g/mol. The summed E-state index contributed by atoms with van der Waals surface area (Å²) in [5.74, 6) is 1.41. The van der Waals surface area contributed by atoms with E-state index in [9.17, 15) is 14.4 Å². The number of aromatic nitrogens is 1. The second-order valence-corrected chi connectivity index (χ2v) is 8.44. The first-order valence-corrected chi connectivity index (χ1v) is 10.6. The second kappa shape index (κ2) is 8.93. The summed E-state index contributed by atoms with van der Waals surface area (Å²) >= 11 is 0. The molecule has 4 rings (SSSR count). The minimum Gasteiger partial charge on any atom is -0.381 e. The summed E-state index contributed by atoms with van der Waals surface area (Å²) in [5.41, 5.74) is 2.50. The highest BCUT2D eigenvalue weighted by molar-refractivity contribution is 5.89. The molecule has 0 spiro atoms. The largest absolute Gasteiger partial charge is 0.381 e. The molecule has 1 aromatic heterocycles. The molecule has 2 N–H and O–H groups in total. The first-order chi connectivity index (χ1) is 14.9. The number of anilines is 1. The summed E-state index contributed by atoms with van der Waals surface area (Å²) in [6, 6.07) is 8.94. The Balaban J connectivity index is 1.43. The van der Waals surface area contributed by atoms with E-state index in [2.05, 4.69) is 10.6 Å². The van der Waals surface area contributed by atoms with Crippen LogP contribution in [0.1, 0.15) is 12.0 Å². The highest BCUT2D eigenvalue weighted by Crippen LogP contribution is 2.28. The Labute approximate surface area is 181 Å². The van der Waals surface area contributed by atoms with Crippen molar-refractivity contribution in [3.63, 3.8) is 0 Å². The summed E-state index contributed by atoms with van der Waals surface area (Å²) in [5, 5.41) is 5.01. The highest BCUT2D eigenvalue weighted by atomic mass is 16.5. The van der Waals surface area contributed by atoms with Crippen molar-refractivity contribution in [2.45, 2.75) is 12.8 Å². The van der Waals surface area contributed by atoms with Gasteiger partial charge in [-0.25, -0.2) is 4.79 Å². The number of benzene rings is 1. The van der Waals surface area contributed by atoms with Gasteiger partial charge in [0.25, 0.3) is 5.56 Å². The van der Waals surface area contributed by atoms with Crippen LogP contribution in [0.2, 0.25) is 0 Å². The number of carbonyl (C=O) groups excluding carboxylic acids is 2. The van der Waals surface area contributed by atoms with Gasteiger partial charge in [-0.2, -0.15) is 0 Å². The molecule has 1 aromatic carbocycles. The third-order valence-electron chi connectivity index (χ3n) is 5.96. The van der Waals surface area contributed by atoms with E-state index in [1.54, 1.807) is 19.3 Å². The lowest BCUT2D eigenvalue weighted by Gasteiger charge is -2.42. The normalized spacial score (nSPS) is 16.4. The molecular formula is C23H28N4O4. The summed E-state index contributed by atoms with van der Waals surface area (Å²) in [7, 11) is 3.14. The number of pyridine rings is 1. The van der Waals surface area contributed by atoms with Crippen LogP contribution in [0.25, 0.3) is 11.1 Å². The van der Waals surface area contributed by atoms with E-state index >= 15 is 0 Å². The Morgan fingerprint density at radius 3 is 2.58 bits per heavy atom. The number of urea groups is 1. The number of nitrogens with one attached hydrogen (secondary N) is 2. The molecule has 0 aliphatic carbocycles. The lowest BCUT2D eigenvalue weighted by Crippen LogP contribution is -2.52. The standard InChI is InChI=1S/C23H28N4O4/c1-24-23(30)25-20-9-19(12-26(2)22(20)29)18-5-3-4-15(7-18)8-21(28)27-10-16(11-27)6-17-13-31-14-17/h3-5,7,9,12,16-17H,6,8,10-11,13-14H2,1-2H3,(H2,24,25,30). The molecule has 0 atom stereocenters. The molecule has 2 aliphatic rings. The smallest absolute Gasteiger partial charge is 0.319 e. The summed E-state index contributed by atoms with van der Waals surface area (Å²) in [6.07, 6.45) is 3.23. The zero-order valence-corrected chi connectivity index (χ0v) is 17.9. The average molecular weight is 425 g/mol. The maximum absolute atomic E-state index is 12.7. The van der Waals surface area contributed by atoms with Crippen molar-refractivity contribution in [1.29, 1.82) is 0 Å². The van der Waals surface area contributed by atoms with Gasteiger partial charge >= 0.3 is 6.03 Å². The number of aryl methyl sites for hydroxylation is 1. The second-order valence-electron chi connectivity index (χ2n) is 8.44. The number of ether oxygens (including phenoxy) is 1. The van der Waals surface area contributed by atoms with Gasteiger partial charge in [-0.1, -0.05) is 24.3 Å². The lowest BCUT2D eigenvalue weighted by molar-refractivity contribution is -0.138. The van der Waals surface area contributed by atoms with Crippen molar-refractivity contribution in [2.24, 2.45) is 18.9 Å². The maximum Gasteiger partial charge on any atom is 0.319 e. The van der Waals surface area contributed by atoms with Gasteiger partial charge in [0.1, 0.15) is 5.69 Å². The number of amides is 3. The SMILES string of the molecule is CNC(=O)Nc1cc(-c2cccc(CC(=O)N3CC(CC4COC4)C3)c2)cn(C)c1=O. The minimum absolute atomic E-state index is 0.140. The molecule has 3 amide bonds. The molecule has 8 heteroatoms. The Bertz CT molecular complexity index is 1040. The Morgan fingerprint density at radius 1 is 1.13 bits per heavy atom. The summed E-state index contributed by atoms with van der Waals surface area (Å²) in [6.45, 7) is 3.40. The van der Waals surface area contributed by atoms with Crippen molar-refractivity contribution >= 4 is 17.6 Å². The monoisotopic (exact) mass is 424 g/mol. The zero-order valence-electron chi connectivity index (χ0n) is 17.9. The van der Waals surface area contributed by atoms with Crippen LogP contribution in [-0.2, 0) is 23.0 Å². The third-order valence-corrected chi connectivity index (χ3v) is 5.96. The van der Waals surface area contributed by atoms with E-state index < -0.39 is 6.03 Å². The van der Waals surface area contributed by atoms with Crippen LogP contribution in [0.3, 0.4) is 0 Å². The molecule has 2 fully saturated rings. The van der Waals surface area contributed by atoms with Crippen LogP contribution in [0.5, 0.6) is 0 Å². The van der Waals surface area contributed by atoms with Gasteiger partial charge < -0.3 is 24.8 Å². The fourth-order valence-corrected chi connectivity index (χ4v) is 4.11. The molecule has 2 aliphatic heterocycles. The van der Waals surface area contributed by atoms with E-state index in [1.807, 2.05) is 29.2 Å². The predicted molar refractivity (Wildman–Crippen MR) is 118 cm³/mol. The number of hydrogen-bond donors (Lipinski definition) is 2. The van der Waals surface area contributed by atoms with E-state index in [4.69, 9.17) is 4.74 Å². The molecule has 164 valence electrons. The van der Waals surface area contributed by atoms with Crippen LogP contribution in [-0.4, -0.2) is 54.8 Å². The maximum atomic E-state index is 12.7. The van der Waals surface area contributed by atoms with Gasteiger partial charge in [-0.05, 0) is 29.5 Å². The molecule has 2 aromatic rings. The number of rotatable bonds is 6. The van der Waals surface area contributed by atoms with Crippen molar-refractivity contribution in [2.75, 3.05) is 38.7 Å². The Morgan fingerprint density at radius 2 is 1.90 bits per heavy atom. The molecule has 0 radical (unpaired) electrons. The molecule has 31 heavy (non-hydrogen) atoms. The minimum atomic E-state index is -0.453. The Kier molecular flexibility index (Phi) is 6.08. The van der Waals surface area contributed by atoms with Gasteiger partial charge in [-0.3, -0.25) is 9.59 Å². The summed E-state index contributed by atoms with van der Waals surface area (Å²) < 4.78 is 6.66. The van der Waals surface area contributed by atoms with Crippen molar-refractivity contribution < 1.29 is 14.3 Å². The van der Waals surface area contributed by atoms with Gasteiger partial charge in [0.2, 0.25) is 5.91 Å². The van der Waals surface area contributed by atoms with E-state index in [0.717, 1.165) is 49.4 Å². The lowest BCUT2D eigenvalue weighted by atomic mass is 9.87. The number of carbonyl (C=O) groups is 2. The third kappa shape index (κ3) is 4.80. The van der Waals surface area contributed by atoms with Crippen molar-refractivity contribution in [3.8, 4) is 11.1 Å². The van der Waals surface area contributed by atoms with E-state index in [-0.39, 0.29) is 17.2 Å². The zero-order chi connectivity index (χ0) is 22.0. The molecule has 0 unspecified atom stereocenters. The molecule has 3 heterocycles. The van der Waals surface area contributed by atoms with E-state index in [1.165, 1.54) is 11.6 Å². The van der Waals surface area contributed by atoms with Crippen LogP contribution in [0, 0.1) is 11.8 Å². The topological polar surface area (TPSA) is 92.7 Å². The van der Waals surface area contributed by atoms with E-state index in [0.29, 0.717) is 18.3 Å². The molecule has 8 nitrogen and oxygen atoms in total. The predicted octanol–water partition coefficient (Wildman–Crippen LogP) is 1.84. The Hall–Kier alpha value is -3.13. The number of nitrogens with zero attached hydrogens (tertiary/aromatic N) is 2. The number of hydrogen-bond acceptors (Lipinski definition) is 4. The van der Waals surface area contributed by atoms with Gasteiger partial charge in [0.15, 0.2) is 0 Å². The van der Waals surface area contributed by atoms with Gasteiger partial charge in [0, 0.05) is 44.9 Å². The first kappa shape index (κ1) is 21.1. The van der Waals surface area contributed by atoms with Gasteiger partial charge in [0.05, 0.1) is 19.6 Å². The van der Waals surface area contributed by atoms with Crippen LogP contribution in [0.15, 0.2) is 41.3 Å². The number of likely N-dealkylation sites (tertiary alicyclic amines) is 1. The first-order valence-electron chi connectivity index (χ1n) is 10.6. The average Bonchev–Trinajstić information content (AvgIpc) is 2.68. The molecule has 0 bridgehead atoms. The van der Waals surface area contributed by atoms with Gasteiger partial charge in [-0.15, -0.1) is 0 Å². The highest BCUT2D eigenvalue weighted by Gasteiger charge is 2.33. The fourth-order valence-electron chi connectivity index (χ4n) is 4.11. The summed E-state index contributed by atoms with van der Waals surface area (Å²) in [4.78, 5) is 38.6. The van der Waals surface area contributed by atoms with Crippen molar-refractivity contribution in [1.82, 2.24) is 14.8 Å². The fraction of sp³-hybridized carbons (Fsp3) is 0.435. The quantitative estimate of drug-likeness (QED) is 0.740.